The molecular formula is C15H16F3NO3. The van der Waals surface area contributed by atoms with Crippen LogP contribution in [-0.4, -0.2) is 23.0 Å². The Hall–Kier alpha value is -2.31. The van der Waals surface area contributed by atoms with Gasteiger partial charge >= 0.3 is 12.1 Å². The number of rotatable bonds is 7. The van der Waals surface area contributed by atoms with Gasteiger partial charge in [-0.15, -0.1) is 6.58 Å². The zero-order chi connectivity index (χ0) is 16.8. The van der Waals surface area contributed by atoms with Crippen LogP contribution in [0.1, 0.15) is 24.0 Å². The number of carboxylic acids is 1. The molecular weight excluding hydrogens is 299 g/mol. The van der Waals surface area contributed by atoms with Crippen LogP contribution >= 0.6 is 0 Å². The second kappa shape index (κ2) is 7.63. The Labute approximate surface area is 125 Å². The van der Waals surface area contributed by atoms with Crippen molar-refractivity contribution in [2.24, 2.45) is 0 Å². The molecule has 1 rings (SSSR count). The van der Waals surface area contributed by atoms with Gasteiger partial charge < -0.3 is 10.4 Å². The molecule has 7 heteroatoms. The summed E-state index contributed by atoms with van der Waals surface area (Å²) in [5.74, 6) is -1.69. The summed E-state index contributed by atoms with van der Waals surface area (Å²) in [5, 5.41) is 11.4. The number of aliphatic carboxylic acids is 1. The average molecular weight is 315 g/mol. The number of allylic oxidation sites excluding steroid dienone is 1. The zero-order valence-corrected chi connectivity index (χ0v) is 11.7. The number of halogens is 3. The molecule has 120 valence electrons. The Morgan fingerprint density at radius 3 is 2.32 bits per heavy atom. The number of carbonyl (C=O) groups is 2. The standard InChI is InChI=1S/C15H16F3NO3/c1-2-3-4-13(20)19-12(14(21)22)9-10-5-7-11(8-6-10)15(16,17)18/h2,5-8,12H,1,3-4,9H2,(H,19,20)(H,21,22)/t12-/m0/s1. The van der Waals surface area contributed by atoms with Crippen molar-refractivity contribution in [3.8, 4) is 0 Å². The van der Waals surface area contributed by atoms with E-state index in [1.807, 2.05) is 0 Å². The molecule has 0 unspecified atom stereocenters. The molecule has 4 nitrogen and oxygen atoms in total. The average Bonchev–Trinajstić information content (AvgIpc) is 2.44. The molecule has 0 fully saturated rings. The minimum Gasteiger partial charge on any atom is -0.480 e. The summed E-state index contributed by atoms with van der Waals surface area (Å²) in [4.78, 5) is 22.6. The fourth-order valence-corrected chi connectivity index (χ4v) is 1.77. The van der Waals surface area contributed by atoms with Crippen LogP contribution < -0.4 is 5.32 Å². The molecule has 0 aromatic heterocycles. The third-order valence-corrected chi connectivity index (χ3v) is 2.93. The first-order valence-electron chi connectivity index (χ1n) is 6.53. The highest BCUT2D eigenvalue weighted by atomic mass is 19.4. The van der Waals surface area contributed by atoms with Crippen molar-refractivity contribution in [3.63, 3.8) is 0 Å². The van der Waals surface area contributed by atoms with Gasteiger partial charge in [-0.2, -0.15) is 13.2 Å². The van der Waals surface area contributed by atoms with E-state index in [-0.39, 0.29) is 12.8 Å². The molecule has 0 radical (unpaired) electrons. The Morgan fingerprint density at radius 1 is 1.27 bits per heavy atom. The van der Waals surface area contributed by atoms with Gasteiger partial charge in [0.25, 0.3) is 0 Å². The summed E-state index contributed by atoms with van der Waals surface area (Å²) in [7, 11) is 0. The second-order valence-electron chi connectivity index (χ2n) is 4.68. The van der Waals surface area contributed by atoms with Crippen LogP contribution in [0, 0.1) is 0 Å². The highest BCUT2D eigenvalue weighted by molar-refractivity contribution is 5.83. The maximum absolute atomic E-state index is 12.4. The van der Waals surface area contributed by atoms with E-state index >= 15 is 0 Å². The Kier molecular flexibility index (Phi) is 6.15. The maximum Gasteiger partial charge on any atom is 0.416 e. The largest absolute Gasteiger partial charge is 0.480 e. The van der Waals surface area contributed by atoms with E-state index in [4.69, 9.17) is 5.11 Å². The van der Waals surface area contributed by atoms with Gasteiger partial charge in [-0.3, -0.25) is 4.79 Å². The maximum atomic E-state index is 12.4. The summed E-state index contributed by atoms with van der Waals surface area (Å²) >= 11 is 0. The van der Waals surface area contributed by atoms with E-state index in [1.165, 1.54) is 18.2 Å². The monoisotopic (exact) mass is 315 g/mol. The number of alkyl halides is 3. The molecule has 0 heterocycles. The lowest BCUT2D eigenvalue weighted by atomic mass is 10.0. The first-order valence-corrected chi connectivity index (χ1v) is 6.53. The van der Waals surface area contributed by atoms with Crippen molar-refractivity contribution in [1.82, 2.24) is 5.32 Å². The summed E-state index contributed by atoms with van der Waals surface area (Å²) in [5.41, 5.74) is -0.414. The molecule has 0 aliphatic heterocycles. The van der Waals surface area contributed by atoms with Crippen LogP contribution in [-0.2, 0) is 22.2 Å². The third kappa shape index (κ3) is 5.59. The van der Waals surface area contributed by atoms with E-state index in [0.717, 1.165) is 12.1 Å². The minimum atomic E-state index is -4.44. The number of hydrogen-bond donors (Lipinski definition) is 2. The lowest BCUT2D eigenvalue weighted by Crippen LogP contribution is -2.42. The normalized spacial score (nSPS) is 12.5. The smallest absolute Gasteiger partial charge is 0.416 e. The SMILES string of the molecule is C=CCCC(=O)N[C@@H](Cc1ccc(C(F)(F)F)cc1)C(=O)O. The van der Waals surface area contributed by atoms with Gasteiger partial charge in [0, 0.05) is 12.8 Å². The van der Waals surface area contributed by atoms with Crippen LogP contribution in [0.3, 0.4) is 0 Å². The van der Waals surface area contributed by atoms with Crippen LogP contribution in [0.5, 0.6) is 0 Å². The van der Waals surface area contributed by atoms with Crippen molar-refractivity contribution in [2.45, 2.75) is 31.5 Å². The summed E-state index contributed by atoms with van der Waals surface area (Å²) < 4.78 is 37.3. The fourth-order valence-electron chi connectivity index (χ4n) is 1.77. The van der Waals surface area contributed by atoms with E-state index in [0.29, 0.717) is 12.0 Å². The quantitative estimate of drug-likeness (QED) is 0.760. The molecule has 0 saturated heterocycles. The molecule has 0 bridgehead atoms. The first-order chi connectivity index (χ1) is 10.2. The number of carboxylic acid groups (broad SMARTS) is 1. The van der Waals surface area contributed by atoms with Crippen molar-refractivity contribution >= 4 is 11.9 Å². The Morgan fingerprint density at radius 2 is 1.86 bits per heavy atom. The van der Waals surface area contributed by atoms with E-state index in [9.17, 15) is 22.8 Å². The lowest BCUT2D eigenvalue weighted by Gasteiger charge is -2.15. The van der Waals surface area contributed by atoms with Crippen LogP contribution in [0.15, 0.2) is 36.9 Å². The summed E-state index contributed by atoms with van der Waals surface area (Å²) in [6, 6.07) is 2.99. The van der Waals surface area contributed by atoms with E-state index in [1.54, 1.807) is 0 Å². The summed E-state index contributed by atoms with van der Waals surface area (Å²) in [6.45, 7) is 3.45. The number of hydrogen-bond acceptors (Lipinski definition) is 2. The van der Waals surface area contributed by atoms with Crippen molar-refractivity contribution in [2.75, 3.05) is 0 Å². The third-order valence-electron chi connectivity index (χ3n) is 2.93. The molecule has 1 atom stereocenters. The van der Waals surface area contributed by atoms with Gasteiger partial charge in [0.2, 0.25) is 5.91 Å². The molecule has 0 saturated carbocycles. The zero-order valence-electron chi connectivity index (χ0n) is 11.7. The van der Waals surface area contributed by atoms with E-state index < -0.39 is 29.7 Å². The highest BCUT2D eigenvalue weighted by Gasteiger charge is 2.30. The van der Waals surface area contributed by atoms with Crippen molar-refractivity contribution in [1.29, 1.82) is 0 Å². The number of benzene rings is 1. The van der Waals surface area contributed by atoms with Gasteiger partial charge in [0.1, 0.15) is 6.04 Å². The lowest BCUT2D eigenvalue weighted by molar-refractivity contribution is -0.141. The molecule has 0 aliphatic rings. The van der Waals surface area contributed by atoms with Crippen LogP contribution in [0.2, 0.25) is 0 Å². The van der Waals surface area contributed by atoms with Crippen molar-refractivity contribution < 1.29 is 27.9 Å². The summed E-state index contributed by atoms with van der Waals surface area (Å²) in [6.07, 6.45) is -2.47. The molecule has 1 aromatic rings. The number of nitrogens with one attached hydrogen (secondary N) is 1. The van der Waals surface area contributed by atoms with Gasteiger partial charge in [-0.05, 0) is 24.1 Å². The second-order valence-corrected chi connectivity index (χ2v) is 4.68. The number of carbonyl (C=O) groups excluding carboxylic acids is 1. The van der Waals surface area contributed by atoms with Crippen molar-refractivity contribution in [3.05, 3.63) is 48.0 Å². The van der Waals surface area contributed by atoms with Crippen LogP contribution in [0.25, 0.3) is 0 Å². The number of amides is 1. The van der Waals surface area contributed by atoms with Gasteiger partial charge in [-0.25, -0.2) is 4.79 Å². The predicted molar refractivity (Wildman–Crippen MR) is 74.1 cm³/mol. The fraction of sp³-hybridized carbons (Fsp3) is 0.333. The minimum absolute atomic E-state index is 0.0900. The molecule has 1 amide bonds. The predicted octanol–water partition coefficient (Wildman–Crippen LogP) is 2.78. The molecule has 22 heavy (non-hydrogen) atoms. The van der Waals surface area contributed by atoms with Crippen LogP contribution in [0.4, 0.5) is 13.2 Å². The Balaban J connectivity index is 2.73. The first kappa shape index (κ1) is 17.7. The molecule has 1 aromatic carbocycles. The Bertz CT molecular complexity index is 538. The van der Waals surface area contributed by atoms with Gasteiger partial charge in [-0.1, -0.05) is 18.2 Å². The highest BCUT2D eigenvalue weighted by Crippen LogP contribution is 2.29. The topological polar surface area (TPSA) is 66.4 Å². The molecule has 2 N–H and O–H groups in total. The molecule has 0 spiro atoms. The molecule has 0 aliphatic carbocycles. The van der Waals surface area contributed by atoms with Gasteiger partial charge in [0.15, 0.2) is 0 Å². The van der Waals surface area contributed by atoms with Gasteiger partial charge in [0.05, 0.1) is 5.56 Å². The van der Waals surface area contributed by atoms with E-state index in [2.05, 4.69) is 11.9 Å².